The quantitative estimate of drug-likeness (QED) is 0.726. The van der Waals surface area contributed by atoms with Crippen molar-refractivity contribution in [3.05, 3.63) is 64.2 Å². The van der Waals surface area contributed by atoms with Crippen molar-refractivity contribution in [2.75, 3.05) is 13.1 Å². The predicted octanol–water partition coefficient (Wildman–Crippen LogP) is 4.48. The topological polar surface area (TPSA) is 57.2 Å². The molecule has 0 spiro atoms. The summed E-state index contributed by atoms with van der Waals surface area (Å²) in [6.45, 7) is 4.48. The molecule has 6 nitrogen and oxygen atoms in total. The molecule has 1 fully saturated rings. The molecule has 0 saturated carbocycles. The Morgan fingerprint density at radius 3 is 2.72 bits per heavy atom. The Labute approximate surface area is 194 Å². The van der Waals surface area contributed by atoms with E-state index in [2.05, 4.69) is 29.6 Å². The molecular formula is C25H29ClN4O2. The number of hydrazine groups is 1. The van der Waals surface area contributed by atoms with E-state index in [0.29, 0.717) is 23.7 Å². The van der Waals surface area contributed by atoms with E-state index in [9.17, 15) is 4.79 Å². The van der Waals surface area contributed by atoms with E-state index < -0.39 is 0 Å². The number of halogens is 1. The SMILES string of the molecule is CC1CC(C(=O)NN2CCCCC2)=NN1Cc1cc(Cl)cc2c1OC(c1ccccc1)C2. The molecule has 2 aromatic carbocycles. The number of ether oxygens (including phenoxy) is 1. The Hall–Kier alpha value is -2.57. The van der Waals surface area contributed by atoms with E-state index in [4.69, 9.17) is 16.3 Å². The summed E-state index contributed by atoms with van der Waals surface area (Å²) in [7, 11) is 0. The predicted molar refractivity (Wildman–Crippen MR) is 126 cm³/mol. The van der Waals surface area contributed by atoms with Crippen LogP contribution in [0.4, 0.5) is 0 Å². The molecule has 32 heavy (non-hydrogen) atoms. The molecule has 2 atom stereocenters. The molecule has 3 heterocycles. The molecule has 0 bridgehead atoms. The first-order chi connectivity index (χ1) is 15.6. The van der Waals surface area contributed by atoms with Gasteiger partial charge < -0.3 is 4.74 Å². The molecule has 7 heteroatoms. The van der Waals surface area contributed by atoms with Gasteiger partial charge in [0, 0.05) is 42.1 Å². The van der Waals surface area contributed by atoms with Crippen molar-refractivity contribution in [2.24, 2.45) is 5.10 Å². The van der Waals surface area contributed by atoms with Gasteiger partial charge in [-0.1, -0.05) is 48.4 Å². The number of fused-ring (bicyclic) bond motifs is 1. The van der Waals surface area contributed by atoms with E-state index in [1.807, 2.05) is 40.3 Å². The van der Waals surface area contributed by atoms with Gasteiger partial charge in [0.2, 0.25) is 0 Å². The van der Waals surface area contributed by atoms with Gasteiger partial charge >= 0.3 is 0 Å². The number of hydrogen-bond acceptors (Lipinski definition) is 5. The van der Waals surface area contributed by atoms with Gasteiger partial charge in [-0.15, -0.1) is 0 Å². The van der Waals surface area contributed by atoms with E-state index in [1.165, 1.54) is 6.42 Å². The lowest BCUT2D eigenvalue weighted by Crippen LogP contribution is -2.47. The van der Waals surface area contributed by atoms with Crippen LogP contribution in [0.1, 0.15) is 55.4 Å². The van der Waals surface area contributed by atoms with Crippen LogP contribution in [0.2, 0.25) is 5.02 Å². The minimum atomic E-state index is -0.0852. The van der Waals surface area contributed by atoms with Gasteiger partial charge in [0.15, 0.2) is 0 Å². The second-order valence-corrected chi connectivity index (χ2v) is 9.40. The van der Waals surface area contributed by atoms with Crippen LogP contribution in [0.3, 0.4) is 0 Å². The zero-order valence-electron chi connectivity index (χ0n) is 18.4. The van der Waals surface area contributed by atoms with Crippen molar-refractivity contribution in [3.63, 3.8) is 0 Å². The molecule has 2 unspecified atom stereocenters. The molecular weight excluding hydrogens is 424 g/mol. The molecule has 2 aromatic rings. The third kappa shape index (κ3) is 4.48. The lowest BCUT2D eigenvalue weighted by Gasteiger charge is -2.26. The number of hydrogen-bond donors (Lipinski definition) is 1. The van der Waals surface area contributed by atoms with Crippen molar-refractivity contribution in [1.29, 1.82) is 0 Å². The number of carbonyl (C=O) groups is 1. The highest BCUT2D eigenvalue weighted by Gasteiger charge is 2.31. The molecule has 1 saturated heterocycles. The molecule has 3 aliphatic rings. The second kappa shape index (κ2) is 9.12. The van der Waals surface area contributed by atoms with Crippen LogP contribution >= 0.6 is 11.6 Å². The summed E-state index contributed by atoms with van der Waals surface area (Å²) >= 11 is 6.45. The highest BCUT2D eigenvalue weighted by Crippen LogP contribution is 2.41. The summed E-state index contributed by atoms with van der Waals surface area (Å²) in [6, 6.07) is 14.4. The maximum atomic E-state index is 12.7. The highest BCUT2D eigenvalue weighted by atomic mass is 35.5. The van der Waals surface area contributed by atoms with Gasteiger partial charge in [0.25, 0.3) is 5.91 Å². The van der Waals surface area contributed by atoms with Crippen molar-refractivity contribution in [3.8, 4) is 5.75 Å². The monoisotopic (exact) mass is 452 g/mol. The van der Waals surface area contributed by atoms with Gasteiger partial charge in [0.1, 0.15) is 17.6 Å². The van der Waals surface area contributed by atoms with Gasteiger partial charge in [-0.05, 0) is 37.5 Å². The summed E-state index contributed by atoms with van der Waals surface area (Å²) in [6.07, 6.45) is 4.91. The van der Waals surface area contributed by atoms with Crippen LogP contribution in [0.5, 0.6) is 5.75 Å². The number of hydrazone groups is 1. The third-order valence-corrected chi connectivity index (χ3v) is 6.72. The van der Waals surface area contributed by atoms with Crippen LogP contribution in [-0.4, -0.2) is 40.8 Å². The smallest absolute Gasteiger partial charge is 0.281 e. The molecule has 1 amide bonds. The molecule has 1 N–H and O–H groups in total. The number of rotatable bonds is 5. The standard InChI is InChI=1S/C25H29ClN4O2/c1-17-12-22(25(31)28-29-10-6-3-7-11-29)27-30(17)16-20-14-21(26)13-19-15-23(32-24(19)20)18-8-4-2-5-9-18/h2,4-5,8-9,13-14,17,23H,3,6-7,10-12,15-16H2,1H3,(H,28,31). The number of nitrogens with one attached hydrogen (secondary N) is 1. The molecule has 168 valence electrons. The van der Waals surface area contributed by atoms with E-state index in [-0.39, 0.29) is 18.1 Å². The Morgan fingerprint density at radius 2 is 1.94 bits per heavy atom. The van der Waals surface area contributed by atoms with Crippen molar-refractivity contribution >= 4 is 23.2 Å². The zero-order valence-corrected chi connectivity index (χ0v) is 19.1. The van der Waals surface area contributed by atoms with Crippen LogP contribution in [0.15, 0.2) is 47.6 Å². The molecule has 0 aromatic heterocycles. The number of amides is 1. The van der Waals surface area contributed by atoms with Gasteiger partial charge in [-0.3, -0.25) is 15.2 Å². The van der Waals surface area contributed by atoms with Gasteiger partial charge in [0.05, 0.1) is 12.6 Å². The first kappa shape index (κ1) is 21.3. The van der Waals surface area contributed by atoms with E-state index in [0.717, 1.165) is 54.8 Å². The Morgan fingerprint density at radius 1 is 1.16 bits per heavy atom. The number of benzene rings is 2. The first-order valence-corrected chi connectivity index (χ1v) is 11.9. The molecule has 3 aliphatic heterocycles. The average molecular weight is 453 g/mol. The maximum Gasteiger partial charge on any atom is 0.281 e. The van der Waals surface area contributed by atoms with Crippen molar-refractivity contribution < 1.29 is 9.53 Å². The lowest BCUT2D eigenvalue weighted by atomic mass is 10.0. The highest BCUT2D eigenvalue weighted by molar-refractivity contribution is 6.39. The first-order valence-electron chi connectivity index (χ1n) is 11.5. The van der Waals surface area contributed by atoms with E-state index in [1.54, 1.807) is 0 Å². The third-order valence-electron chi connectivity index (χ3n) is 6.50. The molecule has 5 rings (SSSR count). The maximum absolute atomic E-state index is 12.7. The fourth-order valence-electron chi connectivity index (χ4n) is 4.77. The van der Waals surface area contributed by atoms with Crippen LogP contribution in [-0.2, 0) is 17.8 Å². The summed E-state index contributed by atoms with van der Waals surface area (Å²) < 4.78 is 6.38. The lowest BCUT2D eigenvalue weighted by molar-refractivity contribution is -0.119. The fraction of sp³-hybridized carbons (Fsp3) is 0.440. The Kier molecular flexibility index (Phi) is 6.07. The minimum Gasteiger partial charge on any atom is -0.485 e. The zero-order chi connectivity index (χ0) is 22.1. The van der Waals surface area contributed by atoms with Gasteiger partial charge in [-0.2, -0.15) is 5.10 Å². The fourth-order valence-corrected chi connectivity index (χ4v) is 5.03. The normalized spacial score (nSPS) is 22.9. The minimum absolute atomic E-state index is 0.00574. The van der Waals surface area contributed by atoms with Crippen LogP contribution < -0.4 is 10.2 Å². The Bertz CT molecular complexity index is 1020. The van der Waals surface area contributed by atoms with E-state index >= 15 is 0 Å². The second-order valence-electron chi connectivity index (χ2n) is 8.96. The molecule has 0 aliphatic carbocycles. The summed E-state index contributed by atoms with van der Waals surface area (Å²) in [5.41, 5.74) is 6.92. The van der Waals surface area contributed by atoms with Crippen molar-refractivity contribution in [1.82, 2.24) is 15.4 Å². The summed E-state index contributed by atoms with van der Waals surface area (Å²) in [4.78, 5) is 12.7. The largest absolute Gasteiger partial charge is 0.485 e. The summed E-state index contributed by atoms with van der Waals surface area (Å²) in [5, 5.41) is 9.38. The van der Waals surface area contributed by atoms with Crippen LogP contribution in [0.25, 0.3) is 0 Å². The Balaban J connectivity index is 1.31. The van der Waals surface area contributed by atoms with Crippen molar-refractivity contribution in [2.45, 2.75) is 57.7 Å². The van der Waals surface area contributed by atoms with Gasteiger partial charge in [-0.25, -0.2) is 5.01 Å². The van der Waals surface area contributed by atoms with Crippen LogP contribution in [0, 0.1) is 0 Å². The number of piperidine rings is 1. The number of nitrogens with zero attached hydrogens (tertiary/aromatic N) is 3. The average Bonchev–Trinajstić information content (AvgIpc) is 3.39. The summed E-state index contributed by atoms with van der Waals surface area (Å²) in [5.74, 6) is 0.815. The molecule has 0 radical (unpaired) electrons. The number of carbonyl (C=O) groups excluding carboxylic acids is 1.